The van der Waals surface area contributed by atoms with E-state index in [0.29, 0.717) is 15.4 Å². The lowest BCUT2D eigenvalue weighted by atomic mass is 10.2. The van der Waals surface area contributed by atoms with Crippen LogP contribution >= 0.6 is 11.8 Å². The van der Waals surface area contributed by atoms with Crippen LogP contribution in [0, 0.1) is 11.0 Å². The molecule has 0 aliphatic rings. The van der Waals surface area contributed by atoms with Gasteiger partial charge in [0.1, 0.15) is 11.4 Å². The average molecular weight is 278 g/mol. The summed E-state index contributed by atoms with van der Waals surface area (Å²) in [5, 5.41) is 14.6. The number of thioether (sulfide) groups is 1. The van der Waals surface area contributed by atoms with Crippen molar-refractivity contribution in [3.8, 4) is 0 Å². The lowest BCUT2D eigenvalue weighted by Crippen LogP contribution is -2.30. The zero-order chi connectivity index (χ0) is 13.8. The van der Waals surface area contributed by atoms with Crippen LogP contribution in [0.3, 0.4) is 0 Å². The van der Waals surface area contributed by atoms with Crippen molar-refractivity contribution in [3.63, 3.8) is 0 Å². The molecule has 0 saturated carbocycles. The van der Waals surface area contributed by atoms with Crippen LogP contribution in [-0.2, 0) is 0 Å². The Labute approximate surface area is 113 Å². The summed E-state index contributed by atoms with van der Waals surface area (Å²) in [5.74, 6) is -0.788. The minimum atomic E-state index is -0.413. The van der Waals surface area contributed by atoms with E-state index in [9.17, 15) is 14.4 Å². The smallest absolute Gasteiger partial charge is 0.261 e. The van der Waals surface area contributed by atoms with Crippen molar-refractivity contribution in [2.24, 2.45) is 0 Å². The number of nitrogens with one attached hydrogen (secondary N) is 1. The number of carbonyl (C=O) groups excluding carboxylic acids is 1. The molecule has 0 aliphatic heterocycles. The van der Waals surface area contributed by atoms with Gasteiger partial charge in [-0.15, -0.1) is 0 Å². The molecule has 1 heterocycles. The fourth-order valence-corrected chi connectivity index (χ4v) is 1.93. The standard InChI is InChI=1S/C13H11FN2O2S/c1-19-12-7-2-9(8-16(12)18)13(17)15-11-5-3-10(14)4-6-11/h2-8H,1H3,(H,15,17). The highest BCUT2D eigenvalue weighted by molar-refractivity contribution is 7.98. The molecule has 0 saturated heterocycles. The van der Waals surface area contributed by atoms with E-state index in [1.54, 1.807) is 18.4 Å². The summed E-state index contributed by atoms with van der Waals surface area (Å²) in [4.78, 5) is 11.9. The molecule has 0 radical (unpaired) electrons. The highest BCUT2D eigenvalue weighted by Gasteiger charge is 2.12. The molecule has 1 aromatic carbocycles. The van der Waals surface area contributed by atoms with Crippen LogP contribution in [0.1, 0.15) is 10.4 Å². The van der Waals surface area contributed by atoms with Crippen molar-refractivity contribution in [2.45, 2.75) is 5.03 Å². The molecular formula is C13H11FN2O2S. The van der Waals surface area contributed by atoms with Gasteiger partial charge in [-0.2, -0.15) is 4.73 Å². The molecule has 6 heteroatoms. The number of rotatable bonds is 3. The van der Waals surface area contributed by atoms with Gasteiger partial charge >= 0.3 is 0 Å². The van der Waals surface area contributed by atoms with E-state index in [2.05, 4.69) is 5.32 Å². The maximum Gasteiger partial charge on any atom is 0.261 e. The van der Waals surface area contributed by atoms with Gasteiger partial charge in [0.2, 0.25) is 0 Å². The summed E-state index contributed by atoms with van der Waals surface area (Å²) in [6.07, 6.45) is 2.99. The van der Waals surface area contributed by atoms with Crippen LogP contribution in [0.2, 0.25) is 0 Å². The number of anilines is 1. The summed E-state index contributed by atoms with van der Waals surface area (Å²) < 4.78 is 13.4. The molecule has 1 N–H and O–H groups in total. The Balaban J connectivity index is 2.16. The van der Waals surface area contributed by atoms with Gasteiger partial charge in [-0.05, 0) is 36.6 Å². The molecule has 0 atom stereocenters. The first-order valence-corrected chi connectivity index (χ1v) is 6.67. The highest BCUT2D eigenvalue weighted by atomic mass is 32.2. The third-order valence-corrected chi connectivity index (χ3v) is 3.19. The zero-order valence-electron chi connectivity index (χ0n) is 10.1. The van der Waals surface area contributed by atoms with Crippen molar-refractivity contribution in [1.29, 1.82) is 0 Å². The SMILES string of the molecule is CSc1ccc(C(=O)Nc2ccc(F)cc2)c[n+]1[O-]. The number of nitrogens with zero attached hydrogens (tertiary/aromatic N) is 1. The van der Waals surface area contributed by atoms with Crippen LogP contribution in [0.5, 0.6) is 0 Å². The Hall–Kier alpha value is -2.08. The summed E-state index contributed by atoms with van der Waals surface area (Å²) >= 11 is 1.30. The average Bonchev–Trinajstić information content (AvgIpc) is 2.41. The minimum absolute atomic E-state index is 0.247. The number of benzene rings is 1. The predicted molar refractivity (Wildman–Crippen MR) is 71.5 cm³/mol. The Morgan fingerprint density at radius 3 is 2.53 bits per heavy atom. The van der Waals surface area contributed by atoms with Gasteiger partial charge in [-0.1, -0.05) is 11.8 Å². The third-order valence-electron chi connectivity index (χ3n) is 2.45. The normalized spacial score (nSPS) is 10.2. The Morgan fingerprint density at radius 2 is 1.95 bits per heavy atom. The molecule has 2 aromatic rings. The summed E-state index contributed by atoms with van der Waals surface area (Å²) in [7, 11) is 0. The van der Waals surface area contributed by atoms with Crippen LogP contribution < -0.4 is 10.0 Å². The fraction of sp³-hybridized carbons (Fsp3) is 0.0769. The molecule has 1 aromatic heterocycles. The van der Waals surface area contributed by atoms with E-state index in [-0.39, 0.29) is 11.4 Å². The molecule has 19 heavy (non-hydrogen) atoms. The quantitative estimate of drug-likeness (QED) is 0.533. The largest absolute Gasteiger partial charge is 0.618 e. The predicted octanol–water partition coefficient (Wildman–Crippen LogP) is 2.43. The lowest BCUT2D eigenvalue weighted by Gasteiger charge is -2.06. The molecule has 98 valence electrons. The van der Waals surface area contributed by atoms with E-state index in [1.807, 2.05) is 0 Å². The molecule has 1 amide bonds. The Kier molecular flexibility index (Phi) is 4.01. The number of pyridine rings is 1. The summed E-state index contributed by atoms with van der Waals surface area (Å²) in [6.45, 7) is 0. The van der Waals surface area contributed by atoms with Crippen molar-refractivity contribution in [2.75, 3.05) is 11.6 Å². The first kappa shape index (κ1) is 13.4. The van der Waals surface area contributed by atoms with E-state index in [0.717, 1.165) is 0 Å². The topological polar surface area (TPSA) is 56.0 Å². The zero-order valence-corrected chi connectivity index (χ0v) is 10.9. The number of hydrogen-bond donors (Lipinski definition) is 1. The van der Waals surface area contributed by atoms with Gasteiger partial charge in [0.05, 0.1) is 0 Å². The number of aromatic nitrogens is 1. The molecule has 0 bridgehead atoms. The Bertz CT molecular complexity index is 602. The van der Waals surface area contributed by atoms with E-state index in [1.165, 1.54) is 42.2 Å². The van der Waals surface area contributed by atoms with Gasteiger partial charge in [0.15, 0.2) is 6.20 Å². The van der Waals surface area contributed by atoms with E-state index in [4.69, 9.17) is 0 Å². The second kappa shape index (κ2) is 5.71. The van der Waals surface area contributed by atoms with E-state index >= 15 is 0 Å². The third kappa shape index (κ3) is 3.23. The molecule has 4 nitrogen and oxygen atoms in total. The Morgan fingerprint density at radius 1 is 1.26 bits per heavy atom. The second-order valence-corrected chi connectivity index (χ2v) is 4.57. The van der Waals surface area contributed by atoms with Crippen molar-refractivity contribution >= 4 is 23.4 Å². The lowest BCUT2D eigenvalue weighted by molar-refractivity contribution is -0.645. The monoisotopic (exact) mass is 278 g/mol. The van der Waals surface area contributed by atoms with Crippen molar-refractivity contribution in [1.82, 2.24) is 0 Å². The van der Waals surface area contributed by atoms with Crippen LogP contribution in [0.4, 0.5) is 10.1 Å². The molecular weight excluding hydrogens is 267 g/mol. The number of hydrogen-bond acceptors (Lipinski definition) is 3. The van der Waals surface area contributed by atoms with E-state index < -0.39 is 5.91 Å². The molecule has 0 spiro atoms. The second-order valence-electron chi connectivity index (χ2n) is 3.75. The maximum atomic E-state index is 12.7. The molecule has 0 aliphatic carbocycles. The first-order chi connectivity index (χ1) is 9.10. The van der Waals surface area contributed by atoms with Crippen LogP contribution in [0.25, 0.3) is 0 Å². The maximum absolute atomic E-state index is 12.7. The van der Waals surface area contributed by atoms with Crippen LogP contribution in [-0.4, -0.2) is 12.2 Å². The van der Waals surface area contributed by atoms with Crippen molar-refractivity contribution in [3.05, 3.63) is 59.2 Å². The van der Waals surface area contributed by atoms with Gasteiger partial charge < -0.3 is 10.5 Å². The van der Waals surface area contributed by atoms with Gasteiger partial charge in [-0.25, -0.2) is 4.39 Å². The number of amides is 1. The van der Waals surface area contributed by atoms with Gasteiger partial charge in [-0.3, -0.25) is 4.79 Å². The highest BCUT2D eigenvalue weighted by Crippen LogP contribution is 2.12. The van der Waals surface area contributed by atoms with Crippen molar-refractivity contribution < 1.29 is 13.9 Å². The summed E-state index contributed by atoms with van der Waals surface area (Å²) in [5.41, 5.74) is 0.718. The van der Waals surface area contributed by atoms with Gasteiger partial charge in [0, 0.05) is 11.8 Å². The number of halogens is 1. The number of carbonyl (C=O) groups is 1. The fourth-order valence-electron chi connectivity index (χ4n) is 1.50. The van der Waals surface area contributed by atoms with Crippen LogP contribution in [0.15, 0.2) is 47.6 Å². The summed E-state index contributed by atoms with van der Waals surface area (Å²) in [6, 6.07) is 8.56. The van der Waals surface area contributed by atoms with Gasteiger partial charge in [0.25, 0.3) is 10.9 Å². The first-order valence-electron chi connectivity index (χ1n) is 5.44. The minimum Gasteiger partial charge on any atom is -0.618 e. The molecule has 0 fully saturated rings. The molecule has 0 unspecified atom stereocenters. The molecule has 2 rings (SSSR count).